The predicted molar refractivity (Wildman–Crippen MR) is 89.9 cm³/mol. The van der Waals surface area contributed by atoms with Gasteiger partial charge in [0.2, 0.25) is 5.91 Å². The Morgan fingerprint density at radius 1 is 1.22 bits per heavy atom. The second-order valence-electron chi connectivity index (χ2n) is 6.04. The lowest BCUT2D eigenvalue weighted by Gasteiger charge is -2.27. The van der Waals surface area contributed by atoms with Crippen molar-refractivity contribution in [2.75, 3.05) is 6.54 Å². The lowest BCUT2D eigenvalue weighted by molar-refractivity contribution is -0.134. The number of rotatable bonds is 5. The van der Waals surface area contributed by atoms with Gasteiger partial charge in [0.15, 0.2) is 0 Å². The molecule has 1 saturated carbocycles. The molecular formula is C19H19ClFNO. The maximum atomic E-state index is 13.4. The minimum atomic E-state index is -0.423. The Balaban J connectivity index is 1.81. The normalized spacial score (nSPS) is 15.3. The van der Waals surface area contributed by atoms with Crippen molar-refractivity contribution in [1.82, 2.24) is 4.90 Å². The molecule has 0 atom stereocenters. The molecule has 0 radical (unpaired) electrons. The molecule has 2 nitrogen and oxygen atoms in total. The zero-order valence-electron chi connectivity index (χ0n) is 13.1. The Hall–Kier alpha value is -1.87. The fourth-order valence-corrected chi connectivity index (χ4v) is 3.13. The quantitative estimate of drug-likeness (QED) is 0.786. The first-order valence-electron chi connectivity index (χ1n) is 7.85. The SMILES string of the molecule is CCN(Cc1cccc(F)c1)C(=O)C1(c2ccc(Cl)cc2)CC1. The van der Waals surface area contributed by atoms with Crippen molar-refractivity contribution >= 4 is 17.5 Å². The van der Waals surface area contributed by atoms with E-state index in [-0.39, 0.29) is 11.7 Å². The molecule has 0 saturated heterocycles. The Labute approximate surface area is 140 Å². The summed E-state index contributed by atoms with van der Waals surface area (Å²) in [5.74, 6) is -0.156. The summed E-state index contributed by atoms with van der Waals surface area (Å²) in [4.78, 5) is 14.8. The molecule has 23 heavy (non-hydrogen) atoms. The van der Waals surface area contributed by atoms with Crippen molar-refractivity contribution in [3.8, 4) is 0 Å². The van der Waals surface area contributed by atoms with Crippen LogP contribution in [-0.2, 0) is 16.8 Å². The largest absolute Gasteiger partial charge is 0.338 e. The third-order valence-electron chi connectivity index (χ3n) is 4.49. The molecule has 1 aliphatic rings. The molecule has 0 spiro atoms. The van der Waals surface area contributed by atoms with Gasteiger partial charge < -0.3 is 4.90 Å². The Morgan fingerprint density at radius 3 is 2.48 bits per heavy atom. The number of benzene rings is 2. The van der Waals surface area contributed by atoms with Crippen LogP contribution in [-0.4, -0.2) is 17.4 Å². The smallest absolute Gasteiger partial charge is 0.233 e. The van der Waals surface area contributed by atoms with Crippen molar-refractivity contribution in [1.29, 1.82) is 0 Å². The second kappa shape index (κ2) is 6.32. The van der Waals surface area contributed by atoms with Crippen LogP contribution in [0.2, 0.25) is 5.02 Å². The lowest BCUT2D eigenvalue weighted by atomic mass is 9.94. The molecule has 1 fully saturated rings. The summed E-state index contributed by atoms with van der Waals surface area (Å²) in [7, 11) is 0. The summed E-state index contributed by atoms with van der Waals surface area (Å²) in [6.45, 7) is 2.99. The summed E-state index contributed by atoms with van der Waals surface area (Å²) in [5.41, 5.74) is 1.41. The van der Waals surface area contributed by atoms with Crippen LogP contribution < -0.4 is 0 Å². The van der Waals surface area contributed by atoms with Crippen LogP contribution in [0.1, 0.15) is 30.9 Å². The number of likely N-dealkylation sites (N-methyl/N-ethyl adjacent to an activating group) is 1. The molecule has 4 heteroatoms. The van der Waals surface area contributed by atoms with Crippen LogP contribution in [0.3, 0.4) is 0 Å². The molecule has 3 rings (SSSR count). The van der Waals surface area contributed by atoms with Crippen molar-refractivity contribution in [2.24, 2.45) is 0 Å². The second-order valence-corrected chi connectivity index (χ2v) is 6.47. The highest BCUT2D eigenvalue weighted by Gasteiger charge is 2.52. The molecule has 2 aromatic rings. The highest BCUT2D eigenvalue weighted by atomic mass is 35.5. The van der Waals surface area contributed by atoms with Crippen molar-refractivity contribution < 1.29 is 9.18 Å². The third kappa shape index (κ3) is 3.25. The van der Waals surface area contributed by atoms with E-state index in [4.69, 9.17) is 11.6 Å². The molecule has 120 valence electrons. The Morgan fingerprint density at radius 2 is 1.91 bits per heavy atom. The van der Waals surface area contributed by atoms with Crippen molar-refractivity contribution in [3.63, 3.8) is 0 Å². The summed E-state index contributed by atoms with van der Waals surface area (Å²) >= 11 is 5.94. The zero-order chi connectivity index (χ0) is 16.4. The summed E-state index contributed by atoms with van der Waals surface area (Å²) in [5, 5.41) is 0.670. The van der Waals surface area contributed by atoms with E-state index in [9.17, 15) is 9.18 Å². The highest BCUT2D eigenvalue weighted by Crippen LogP contribution is 2.50. The van der Waals surface area contributed by atoms with Gasteiger partial charge in [0.05, 0.1) is 5.41 Å². The van der Waals surface area contributed by atoms with Gasteiger partial charge in [-0.1, -0.05) is 35.9 Å². The van der Waals surface area contributed by atoms with Crippen molar-refractivity contribution in [2.45, 2.75) is 31.7 Å². The molecule has 0 unspecified atom stereocenters. The van der Waals surface area contributed by atoms with Gasteiger partial charge in [-0.3, -0.25) is 4.79 Å². The number of carbonyl (C=O) groups excluding carboxylic acids is 1. The minimum Gasteiger partial charge on any atom is -0.338 e. The molecule has 0 heterocycles. The van der Waals surface area contributed by atoms with Gasteiger partial charge in [-0.05, 0) is 55.2 Å². The van der Waals surface area contributed by atoms with Gasteiger partial charge in [0, 0.05) is 18.1 Å². The number of hydrogen-bond donors (Lipinski definition) is 0. The third-order valence-corrected chi connectivity index (χ3v) is 4.74. The molecule has 0 N–H and O–H groups in total. The van der Waals surface area contributed by atoms with E-state index in [1.165, 1.54) is 12.1 Å². The van der Waals surface area contributed by atoms with Gasteiger partial charge in [0.1, 0.15) is 5.82 Å². The van der Waals surface area contributed by atoms with Crippen molar-refractivity contribution in [3.05, 3.63) is 70.5 Å². The molecule has 1 aliphatic carbocycles. The van der Waals surface area contributed by atoms with E-state index >= 15 is 0 Å². The first-order valence-corrected chi connectivity index (χ1v) is 8.23. The van der Waals surface area contributed by atoms with Gasteiger partial charge >= 0.3 is 0 Å². The van der Waals surface area contributed by atoms with Gasteiger partial charge in [-0.2, -0.15) is 0 Å². The summed E-state index contributed by atoms with van der Waals surface area (Å²) in [6.07, 6.45) is 1.71. The van der Waals surface area contributed by atoms with E-state index in [1.54, 1.807) is 11.0 Å². The van der Waals surface area contributed by atoms with E-state index < -0.39 is 5.41 Å². The van der Waals surface area contributed by atoms with Crippen LogP contribution >= 0.6 is 11.6 Å². The summed E-state index contributed by atoms with van der Waals surface area (Å²) in [6, 6.07) is 13.9. The minimum absolute atomic E-state index is 0.117. The molecular weight excluding hydrogens is 313 g/mol. The van der Waals surface area contributed by atoms with E-state index in [0.29, 0.717) is 18.1 Å². The standard InChI is InChI=1S/C19H19ClFNO/c1-2-22(13-14-4-3-5-17(21)12-14)18(23)19(10-11-19)15-6-8-16(20)9-7-15/h3-9,12H,2,10-11,13H2,1H3. The molecule has 0 aliphatic heterocycles. The first kappa shape index (κ1) is 16.0. The van der Waals surface area contributed by atoms with E-state index in [0.717, 1.165) is 24.0 Å². The van der Waals surface area contributed by atoms with E-state index in [1.807, 2.05) is 37.3 Å². The van der Waals surface area contributed by atoms with Crippen LogP contribution in [0.5, 0.6) is 0 Å². The van der Waals surface area contributed by atoms with Gasteiger partial charge in [0.25, 0.3) is 0 Å². The molecule has 0 bridgehead atoms. The first-order chi connectivity index (χ1) is 11.0. The van der Waals surface area contributed by atoms with Crippen LogP contribution in [0.25, 0.3) is 0 Å². The van der Waals surface area contributed by atoms with Crippen LogP contribution in [0.15, 0.2) is 48.5 Å². The molecule has 2 aromatic carbocycles. The molecule has 1 amide bonds. The summed E-state index contributed by atoms with van der Waals surface area (Å²) < 4.78 is 13.4. The monoisotopic (exact) mass is 331 g/mol. The average Bonchev–Trinajstić information content (AvgIpc) is 3.34. The predicted octanol–water partition coefficient (Wildman–Crippen LogP) is 4.56. The topological polar surface area (TPSA) is 20.3 Å². The molecule has 0 aromatic heterocycles. The average molecular weight is 332 g/mol. The lowest BCUT2D eigenvalue weighted by Crippen LogP contribution is -2.38. The number of amides is 1. The maximum Gasteiger partial charge on any atom is 0.233 e. The van der Waals surface area contributed by atoms with Gasteiger partial charge in [-0.15, -0.1) is 0 Å². The highest BCUT2D eigenvalue weighted by molar-refractivity contribution is 6.30. The fourth-order valence-electron chi connectivity index (χ4n) is 3.01. The van der Waals surface area contributed by atoms with Crippen LogP contribution in [0.4, 0.5) is 4.39 Å². The van der Waals surface area contributed by atoms with Gasteiger partial charge in [-0.25, -0.2) is 4.39 Å². The van der Waals surface area contributed by atoms with Crippen LogP contribution in [0, 0.1) is 5.82 Å². The van der Waals surface area contributed by atoms with E-state index in [2.05, 4.69) is 0 Å². The number of carbonyl (C=O) groups is 1. The zero-order valence-corrected chi connectivity index (χ0v) is 13.8. The Bertz CT molecular complexity index is 710. The Kier molecular flexibility index (Phi) is 4.40. The number of hydrogen-bond acceptors (Lipinski definition) is 1. The number of nitrogens with zero attached hydrogens (tertiary/aromatic N) is 1. The maximum absolute atomic E-state index is 13.4. The fraction of sp³-hybridized carbons (Fsp3) is 0.316. The number of halogens is 2.